The number of H-pyrrole nitrogens is 1. The number of allylic oxidation sites excluding steroid dienone is 2. The Hall–Kier alpha value is -5.24. The number of rotatable bonds is 4. The lowest BCUT2D eigenvalue weighted by Crippen LogP contribution is -1.82. The summed E-state index contributed by atoms with van der Waals surface area (Å²) in [5.74, 6) is 2.03. The number of benzene rings is 1. The molecule has 7 heteroatoms. The molecular formula is C24H11N5O2. The van der Waals surface area contributed by atoms with Crippen LogP contribution in [0.15, 0.2) is 68.9 Å². The molecule has 0 amide bonds. The van der Waals surface area contributed by atoms with Gasteiger partial charge in [0.15, 0.2) is 0 Å². The lowest BCUT2D eigenvalue weighted by Gasteiger charge is -2.05. The van der Waals surface area contributed by atoms with Crippen LogP contribution in [0.25, 0.3) is 55.4 Å². The molecule has 31 heavy (non-hydrogen) atoms. The summed E-state index contributed by atoms with van der Waals surface area (Å²) >= 11 is 0. The van der Waals surface area contributed by atoms with E-state index < -0.39 is 0 Å². The smallest absolute Gasteiger partial charge is 0.265 e. The molecule has 0 atom stereocenters. The zero-order valence-corrected chi connectivity index (χ0v) is 15.9. The van der Waals surface area contributed by atoms with Crippen molar-refractivity contribution < 1.29 is 8.83 Å². The second-order valence-electron chi connectivity index (χ2n) is 6.34. The van der Waals surface area contributed by atoms with Gasteiger partial charge in [0.25, 0.3) is 11.4 Å². The third kappa shape index (κ3) is 3.59. The molecule has 3 aromatic heterocycles. The molecule has 1 N–H and O–H groups in total. The monoisotopic (exact) mass is 401 g/mol. The molecule has 0 aliphatic carbocycles. The van der Waals surface area contributed by atoms with Crippen molar-refractivity contribution in [3.05, 3.63) is 94.4 Å². The van der Waals surface area contributed by atoms with Crippen molar-refractivity contribution in [2.24, 2.45) is 0 Å². The van der Waals surface area contributed by atoms with Crippen LogP contribution in [-0.4, -0.2) is 4.98 Å². The fourth-order valence-corrected chi connectivity index (χ4v) is 3.18. The zero-order chi connectivity index (χ0) is 21.8. The van der Waals surface area contributed by atoms with Gasteiger partial charge < -0.3 is 13.8 Å². The number of aromatic nitrogens is 1. The Labute approximate surface area is 177 Å². The molecule has 0 unspecified atom stereocenters. The topological polar surface area (TPSA) is 98.4 Å². The molecule has 0 saturated carbocycles. The van der Waals surface area contributed by atoms with Gasteiger partial charge in [-0.15, -0.1) is 0 Å². The minimum atomic E-state index is -0.0540. The highest BCUT2D eigenvalue weighted by Crippen LogP contribution is 2.36. The van der Waals surface area contributed by atoms with E-state index in [1.165, 1.54) is 12.2 Å². The van der Waals surface area contributed by atoms with Gasteiger partial charge in [0.05, 0.1) is 30.8 Å². The van der Waals surface area contributed by atoms with E-state index in [0.29, 0.717) is 23.0 Å². The van der Waals surface area contributed by atoms with Crippen LogP contribution in [0, 0.1) is 35.8 Å². The maximum atomic E-state index is 8.92. The first kappa shape index (κ1) is 19.1. The lowest BCUT2D eigenvalue weighted by atomic mass is 10.0. The highest BCUT2D eigenvalue weighted by Gasteiger charge is 2.15. The van der Waals surface area contributed by atoms with Gasteiger partial charge in [0.1, 0.15) is 23.0 Å². The van der Waals surface area contributed by atoms with E-state index in [9.17, 15) is 0 Å². The molecule has 0 saturated heterocycles. The van der Waals surface area contributed by atoms with Crippen molar-refractivity contribution in [1.29, 1.82) is 10.5 Å². The number of furan rings is 2. The van der Waals surface area contributed by atoms with Gasteiger partial charge in [-0.1, -0.05) is 0 Å². The molecule has 0 aliphatic rings. The van der Waals surface area contributed by atoms with E-state index in [4.69, 9.17) is 32.5 Å². The largest absolute Gasteiger partial charge is 0.458 e. The van der Waals surface area contributed by atoms with Gasteiger partial charge in [-0.05, 0) is 54.6 Å². The van der Waals surface area contributed by atoms with E-state index in [-0.39, 0.29) is 11.4 Å². The van der Waals surface area contributed by atoms with Gasteiger partial charge in [-0.2, -0.15) is 0 Å². The number of hydrogen-bond acceptors (Lipinski definition) is 4. The summed E-state index contributed by atoms with van der Waals surface area (Å²) in [4.78, 5) is 9.49. The predicted octanol–water partition coefficient (Wildman–Crippen LogP) is 6.26. The van der Waals surface area contributed by atoms with Crippen LogP contribution < -0.4 is 0 Å². The normalized spacial score (nSPS) is 11.5. The first-order chi connectivity index (χ1) is 15.2. The Morgan fingerprint density at radius 2 is 1.35 bits per heavy atom. The van der Waals surface area contributed by atoms with E-state index in [1.54, 1.807) is 24.3 Å². The molecule has 0 radical (unpaired) electrons. The number of nitrogens with one attached hydrogen (secondary N) is 1. The average molecular weight is 401 g/mol. The zero-order valence-electron chi connectivity index (χ0n) is 15.9. The van der Waals surface area contributed by atoms with Crippen LogP contribution in [0.1, 0.15) is 11.5 Å². The molecule has 0 aliphatic heterocycles. The number of fused-ring (bicyclic) bond motifs is 1. The fraction of sp³-hybridized carbons (Fsp3) is 0. The lowest BCUT2D eigenvalue weighted by molar-refractivity contribution is 0.571. The summed E-state index contributed by atoms with van der Waals surface area (Å²) in [7, 11) is 0. The first-order valence-corrected chi connectivity index (χ1v) is 8.96. The van der Waals surface area contributed by atoms with Crippen molar-refractivity contribution in [1.82, 2.24) is 4.98 Å². The molecule has 0 bridgehead atoms. The Morgan fingerprint density at radius 3 is 1.90 bits per heavy atom. The minimum absolute atomic E-state index is 0.0523. The van der Waals surface area contributed by atoms with E-state index in [1.807, 2.05) is 36.5 Å². The fourth-order valence-electron chi connectivity index (χ4n) is 3.18. The van der Waals surface area contributed by atoms with Crippen LogP contribution in [0.4, 0.5) is 0 Å². The maximum absolute atomic E-state index is 8.92. The van der Waals surface area contributed by atoms with Crippen LogP contribution in [-0.2, 0) is 0 Å². The highest BCUT2D eigenvalue weighted by molar-refractivity contribution is 6.01. The van der Waals surface area contributed by atoms with Gasteiger partial charge in [-0.3, -0.25) is 0 Å². The van der Waals surface area contributed by atoms with Crippen molar-refractivity contribution in [3.8, 4) is 34.8 Å². The number of hydrogen-bond donors (Lipinski definition) is 1. The summed E-state index contributed by atoms with van der Waals surface area (Å²) in [6.07, 6.45) is 4.60. The van der Waals surface area contributed by atoms with Gasteiger partial charge in [0.2, 0.25) is 0 Å². The van der Waals surface area contributed by atoms with E-state index in [2.05, 4.69) is 14.7 Å². The molecule has 4 aromatic rings. The van der Waals surface area contributed by atoms with Crippen LogP contribution in [0.5, 0.6) is 0 Å². The van der Waals surface area contributed by atoms with E-state index in [0.717, 1.165) is 22.0 Å². The number of aromatic amines is 1. The molecular weight excluding hydrogens is 390 g/mol. The second-order valence-corrected chi connectivity index (χ2v) is 6.34. The number of nitrogens with zero attached hydrogens (tertiary/aromatic N) is 4. The third-order valence-electron chi connectivity index (χ3n) is 4.54. The SMILES string of the molecule is [C-]#[N+]/C(C#N)=C\c1ccc(-c2ccc(-c3ccc(/C=C(\C#N)[N+]#[C-])o3)c3[nH]ccc23)o1. The average Bonchev–Trinajstić information content (AvgIpc) is 3.56. The molecule has 144 valence electrons. The van der Waals surface area contributed by atoms with Crippen molar-refractivity contribution >= 4 is 23.1 Å². The predicted molar refractivity (Wildman–Crippen MR) is 114 cm³/mol. The summed E-state index contributed by atoms with van der Waals surface area (Å²) in [5.41, 5.74) is 2.38. The van der Waals surface area contributed by atoms with Crippen LogP contribution >= 0.6 is 0 Å². The minimum Gasteiger partial charge on any atom is -0.458 e. The second kappa shape index (κ2) is 8.02. The molecule has 0 spiro atoms. The summed E-state index contributed by atoms with van der Waals surface area (Å²) < 4.78 is 11.6. The summed E-state index contributed by atoms with van der Waals surface area (Å²) in [6, 6.07) is 16.3. The van der Waals surface area contributed by atoms with E-state index >= 15 is 0 Å². The Kier molecular flexibility index (Phi) is 4.94. The highest BCUT2D eigenvalue weighted by atomic mass is 16.3. The Balaban J connectivity index is 1.75. The third-order valence-corrected chi connectivity index (χ3v) is 4.54. The molecule has 7 nitrogen and oxygen atoms in total. The Morgan fingerprint density at radius 1 is 0.806 bits per heavy atom. The van der Waals surface area contributed by atoms with Gasteiger partial charge in [-0.25, -0.2) is 20.2 Å². The summed E-state index contributed by atoms with van der Waals surface area (Å²) in [5, 5.41) is 18.7. The number of nitriles is 2. The molecule has 0 fully saturated rings. The van der Waals surface area contributed by atoms with Crippen molar-refractivity contribution in [2.75, 3.05) is 0 Å². The molecule has 4 rings (SSSR count). The maximum Gasteiger partial charge on any atom is 0.265 e. The Bertz CT molecular complexity index is 1390. The van der Waals surface area contributed by atoms with Crippen molar-refractivity contribution in [3.63, 3.8) is 0 Å². The molecule has 3 heterocycles. The van der Waals surface area contributed by atoms with Crippen molar-refractivity contribution in [2.45, 2.75) is 0 Å². The quantitative estimate of drug-likeness (QED) is 0.322. The van der Waals surface area contributed by atoms with Crippen LogP contribution in [0.2, 0.25) is 0 Å². The van der Waals surface area contributed by atoms with Gasteiger partial charge in [0, 0.05) is 22.7 Å². The summed E-state index contributed by atoms with van der Waals surface area (Å²) in [6.45, 7) is 14.0. The van der Waals surface area contributed by atoms with Crippen LogP contribution in [0.3, 0.4) is 0 Å². The van der Waals surface area contributed by atoms with Gasteiger partial charge >= 0.3 is 0 Å². The first-order valence-electron chi connectivity index (χ1n) is 8.96. The standard InChI is InChI=1S/C24H11N5O2/c1-27-15(13-25)11-17-3-7-22(30-17)19-5-6-21(24-20(19)9-10-29-24)23-8-4-18(31-23)12-16(14-26)28-2/h3-12,29H/b15-11-,16-12+. The molecule has 1 aromatic carbocycles.